The molecule has 44 heavy (non-hydrogen) atoms. The van der Waals surface area contributed by atoms with E-state index in [2.05, 4.69) is 84.9 Å². The SMILES string of the molecule is c1ccc(-c2cc(-c3ccccc3)nc(-c3ccc(-c4cc5oc6ccccc6c5c5c4oc4ccccc45)cc3)n2)cc1. The summed E-state index contributed by atoms with van der Waals surface area (Å²) in [7, 11) is 0. The maximum atomic E-state index is 6.54. The van der Waals surface area contributed by atoms with E-state index in [-0.39, 0.29) is 0 Å². The number of rotatable bonds is 4. The second-order valence-corrected chi connectivity index (χ2v) is 11.0. The molecule has 0 N–H and O–H groups in total. The molecule has 0 saturated carbocycles. The molecule has 0 unspecified atom stereocenters. The van der Waals surface area contributed by atoms with Gasteiger partial charge in [-0.15, -0.1) is 0 Å². The minimum atomic E-state index is 0.679. The van der Waals surface area contributed by atoms with Gasteiger partial charge in [-0.25, -0.2) is 9.97 Å². The molecule has 0 spiro atoms. The molecular weight excluding hydrogens is 540 g/mol. The Morgan fingerprint density at radius 2 is 0.909 bits per heavy atom. The van der Waals surface area contributed by atoms with E-state index in [9.17, 15) is 0 Å². The average Bonchev–Trinajstić information content (AvgIpc) is 3.67. The lowest BCUT2D eigenvalue weighted by Gasteiger charge is -2.10. The van der Waals surface area contributed by atoms with E-state index in [4.69, 9.17) is 18.8 Å². The Labute approximate surface area is 252 Å². The van der Waals surface area contributed by atoms with Crippen molar-refractivity contribution in [1.29, 1.82) is 0 Å². The molecule has 0 amide bonds. The van der Waals surface area contributed by atoms with Crippen LogP contribution in [-0.4, -0.2) is 9.97 Å². The van der Waals surface area contributed by atoms with Crippen molar-refractivity contribution in [3.63, 3.8) is 0 Å². The summed E-state index contributed by atoms with van der Waals surface area (Å²) in [6.45, 7) is 0. The molecule has 3 heterocycles. The summed E-state index contributed by atoms with van der Waals surface area (Å²) in [6.07, 6.45) is 0. The van der Waals surface area contributed by atoms with Crippen LogP contribution >= 0.6 is 0 Å². The third kappa shape index (κ3) is 3.92. The molecule has 9 aromatic rings. The van der Waals surface area contributed by atoms with Gasteiger partial charge in [0.2, 0.25) is 0 Å². The summed E-state index contributed by atoms with van der Waals surface area (Å²) in [6, 6.07) is 49.5. The molecule has 0 radical (unpaired) electrons. The Kier molecular flexibility index (Phi) is 5.47. The van der Waals surface area contributed by atoms with Crippen LogP contribution in [0.15, 0.2) is 154 Å². The van der Waals surface area contributed by atoms with Gasteiger partial charge in [0.1, 0.15) is 22.3 Å². The molecule has 0 bridgehead atoms. The Morgan fingerprint density at radius 1 is 0.386 bits per heavy atom. The molecule has 3 aromatic heterocycles. The zero-order valence-corrected chi connectivity index (χ0v) is 23.6. The molecule has 0 saturated heterocycles. The number of benzene rings is 6. The number of para-hydroxylation sites is 2. The van der Waals surface area contributed by atoms with Gasteiger partial charge < -0.3 is 8.83 Å². The Hall–Kier alpha value is -6.00. The van der Waals surface area contributed by atoms with Gasteiger partial charge in [-0.05, 0) is 29.8 Å². The second-order valence-electron chi connectivity index (χ2n) is 11.0. The summed E-state index contributed by atoms with van der Waals surface area (Å²) in [5.41, 5.74) is 10.3. The van der Waals surface area contributed by atoms with Crippen LogP contribution in [-0.2, 0) is 0 Å². The van der Waals surface area contributed by atoms with Crippen LogP contribution < -0.4 is 0 Å². The average molecular weight is 565 g/mol. The zero-order chi connectivity index (χ0) is 29.0. The van der Waals surface area contributed by atoms with Crippen molar-refractivity contribution in [1.82, 2.24) is 9.97 Å². The monoisotopic (exact) mass is 564 g/mol. The molecule has 0 aliphatic carbocycles. The van der Waals surface area contributed by atoms with Crippen LogP contribution in [0.2, 0.25) is 0 Å². The molecule has 4 nitrogen and oxygen atoms in total. The smallest absolute Gasteiger partial charge is 0.160 e. The van der Waals surface area contributed by atoms with Gasteiger partial charge in [-0.2, -0.15) is 0 Å². The van der Waals surface area contributed by atoms with Gasteiger partial charge in [0.25, 0.3) is 0 Å². The number of aromatic nitrogens is 2. The predicted octanol–water partition coefficient (Wildman–Crippen LogP) is 10.9. The van der Waals surface area contributed by atoms with Crippen molar-refractivity contribution >= 4 is 43.9 Å². The lowest BCUT2D eigenvalue weighted by Crippen LogP contribution is -1.95. The first-order valence-electron chi connectivity index (χ1n) is 14.7. The highest BCUT2D eigenvalue weighted by Gasteiger charge is 2.20. The summed E-state index contributed by atoms with van der Waals surface area (Å²) in [4.78, 5) is 10.0. The van der Waals surface area contributed by atoms with E-state index in [1.54, 1.807) is 0 Å². The van der Waals surface area contributed by atoms with Gasteiger partial charge in [0.15, 0.2) is 5.82 Å². The number of hydrogen-bond acceptors (Lipinski definition) is 4. The van der Waals surface area contributed by atoms with E-state index >= 15 is 0 Å². The molecule has 0 fully saturated rings. The molecule has 0 aliphatic heterocycles. The number of fused-ring (bicyclic) bond motifs is 7. The van der Waals surface area contributed by atoms with Gasteiger partial charge in [-0.3, -0.25) is 0 Å². The topological polar surface area (TPSA) is 52.1 Å². The van der Waals surface area contributed by atoms with E-state index in [1.165, 1.54) is 0 Å². The molecule has 206 valence electrons. The van der Waals surface area contributed by atoms with Gasteiger partial charge in [0, 0.05) is 43.8 Å². The fraction of sp³-hybridized carbons (Fsp3) is 0. The van der Waals surface area contributed by atoms with E-state index < -0.39 is 0 Å². The van der Waals surface area contributed by atoms with Crippen LogP contribution in [0.5, 0.6) is 0 Å². The van der Waals surface area contributed by atoms with Crippen LogP contribution in [0.3, 0.4) is 0 Å². The minimum absolute atomic E-state index is 0.679. The number of hydrogen-bond donors (Lipinski definition) is 0. The zero-order valence-electron chi connectivity index (χ0n) is 23.6. The molecule has 9 rings (SSSR count). The first kappa shape index (κ1) is 24.6. The van der Waals surface area contributed by atoms with Crippen LogP contribution in [0.1, 0.15) is 0 Å². The van der Waals surface area contributed by atoms with Crippen molar-refractivity contribution < 1.29 is 8.83 Å². The summed E-state index contributed by atoms with van der Waals surface area (Å²) in [5, 5.41) is 4.33. The lowest BCUT2D eigenvalue weighted by molar-refractivity contribution is 0.664. The highest BCUT2D eigenvalue weighted by Crippen LogP contribution is 2.44. The molecule has 0 atom stereocenters. The standard InChI is InChI=1S/C40H24N2O2/c1-3-11-26(12-4-1)32-24-33(27-13-5-2-6-14-27)42-40(41-32)28-21-19-25(20-22-28)31-23-36-37(29-15-7-9-17-34(29)43-36)38-30-16-8-10-18-35(30)44-39(31)38/h1-24H. The quantitative estimate of drug-likeness (QED) is 0.213. The van der Waals surface area contributed by atoms with Crippen molar-refractivity contribution in [2.45, 2.75) is 0 Å². The van der Waals surface area contributed by atoms with Crippen molar-refractivity contribution in [2.24, 2.45) is 0 Å². The van der Waals surface area contributed by atoms with Crippen molar-refractivity contribution in [3.8, 4) is 45.0 Å². The van der Waals surface area contributed by atoms with Crippen LogP contribution in [0, 0.1) is 0 Å². The van der Waals surface area contributed by atoms with E-state index in [0.717, 1.165) is 83.1 Å². The number of furan rings is 2. The lowest BCUT2D eigenvalue weighted by atomic mass is 9.97. The Bertz CT molecular complexity index is 2420. The first-order valence-corrected chi connectivity index (χ1v) is 14.7. The van der Waals surface area contributed by atoms with Gasteiger partial charge >= 0.3 is 0 Å². The Balaban J connectivity index is 1.22. The van der Waals surface area contributed by atoms with Crippen LogP contribution in [0.4, 0.5) is 0 Å². The van der Waals surface area contributed by atoms with Gasteiger partial charge in [-0.1, -0.05) is 121 Å². The fourth-order valence-electron chi connectivity index (χ4n) is 6.21. The largest absolute Gasteiger partial charge is 0.456 e. The first-order chi connectivity index (χ1) is 21.8. The third-order valence-corrected chi connectivity index (χ3v) is 8.31. The second kappa shape index (κ2) is 9.79. The van der Waals surface area contributed by atoms with E-state index in [0.29, 0.717) is 5.82 Å². The fourth-order valence-corrected chi connectivity index (χ4v) is 6.21. The molecule has 0 aliphatic rings. The summed E-state index contributed by atoms with van der Waals surface area (Å²) >= 11 is 0. The molecular formula is C40H24N2O2. The minimum Gasteiger partial charge on any atom is -0.456 e. The van der Waals surface area contributed by atoms with Crippen molar-refractivity contribution in [2.75, 3.05) is 0 Å². The maximum Gasteiger partial charge on any atom is 0.160 e. The van der Waals surface area contributed by atoms with Crippen LogP contribution in [0.25, 0.3) is 88.9 Å². The Morgan fingerprint density at radius 3 is 1.55 bits per heavy atom. The summed E-state index contributed by atoms with van der Waals surface area (Å²) < 4.78 is 12.9. The highest BCUT2D eigenvalue weighted by atomic mass is 16.3. The predicted molar refractivity (Wildman–Crippen MR) is 178 cm³/mol. The summed E-state index contributed by atoms with van der Waals surface area (Å²) in [5.74, 6) is 0.679. The third-order valence-electron chi connectivity index (χ3n) is 8.31. The molecule has 6 aromatic carbocycles. The molecule has 4 heteroatoms. The van der Waals surface area contributed by atoms with Crippen molar-refractivity contribution in [3.05, 3.63) is 146 Å². The highest BCUT2D eigenvalue weighted by molar-refractivity contribution is 6.28. The number of nitrogens with zero attached hydrogens (tertiary/aromatic N) is 2. The maximum absolute atomic E-state index is 6.54. The normalized spacial score (nSPS) is 11.6. The van der Waals surface area contributed by atoms with E-state index in [1.807, 2.05) is 60.7 Å². The van der Waals surface area contributed by atoms with Gasteiger partial charge in [0.05, 0.1) is 11.4 Å².